The summed E-state index contributed by atoms with van der Waals surface area (Å²) in [4.78, 5) is 16.4. The number of carbonyl (C=O) groups excluding carboxylic acids is 1. The molecule has 4 nitrogen and oxygen atoms in total. The number of rotatable bonds is 5. The number of para-hydroxylation sites is 1. The molecular formula is C17H15NO3S. The monoisotopic (exact) mass is 313 g/mol. The summed E-state index contributed by atoms with van der Waals surface area (Å²) in [5.74, 6) is 0.994. The van der Waals surface area contributed by atoms with Crippen LogP contribution >= 0.6 is 11.3 Å². The van der Waals surface area contributed by atoms with Crippen LogP contribution in [0.2, 0.25) is 0 Å². The highest BCUT2D eigenvalue weighted by atomic mass is 32.1. The number of aryl methyl sites for hydroxylation is 1. The molecule has 0 aliphatic heterocycles. The van der Waals surface area contributed by atoms with Crippen molar-refractivity contribution in [2.24, 2.45) is 0 Å². The molecule has 0 spiro atoms. The lowest BCUT2D eigenvalue weighted by Gasteiger charge is -2.04. The molecule has 0 radical (unpaired) electrons. The maximum atomic E-state index is 11.9. The van der Waals surface area contributed by atoms with Gasteiger partial charge in [0, 0.05) is 6.42 Å². The predicted molar refractivity (Wildman–Crippen MR) is 86.6 cm³/mol. The average Bonchev–Trinajstić information content (AvgIpc) is 2.96. The summed E-state index contributed by atoms with van der Waals surface area (Å²) < 4.78 is 11.5. The minimum absolute atomic E-state index is 0.260. The maximum absolute atomic E-state index is 11.9. The summed E-state index contributed by atoms with van der Waals surface area (Å²) in [5, 5.41) is 0.952. The standard InChI is InChI=1S/C17H15NO3S/c1-20-12-6-8-13(9-7-12)21-17(19)11-10-16-18-14-4-2-3-5-15(14)22-16/h2-9H,10-11H2,1H3. The van der Waals surface area contributed by atoms with E-state index in [1.54, 1.807) is 42.7 Å². The Morgan fingerprint density at radius 1 is 1.09 bits per heavy atom. The smallest absolute Gasteiger partial charge is 0.311 e. The number of nitrogens with zero attached hydrogens (tertiary/aromatic N) is 1. The molecule has 22 heavy (non-hydrogen) atoms. The van der Waals surface area contributed by atoms with Crippen LogP contribution in [0.25, 0.3) is 10.2 Å². The summed E-state index contributed by atoms with van der Waals surface area (Å²) in [6.07, 6.45) is 0.903. The summed E-state index contributed by atoms with van der Waals surface area (Å²) in [5.41, 5.74) is 0.978. The number of esters is 1. The number of benzene rings is 2. The van der Waals surface area contributed by atoms with Gasteiger partial charge in [-0.25, -0.2) is 4.98 Å². The van der Waals surface area contributed by atoms with E-state index >= 15 is 0 Å². The van der Waals surface area contributed by atoms with Crippen LogP contribution in [-0.2, 0) is 11.2 Å². The van der Waals surface area contributed by atoms with Crippen LogP contribution in [0.15, 0.2) is 48.5 Å². The van der Waals surface area contributed by atoms with Crippen LogP contribution < -0.4 is 9.47 Å². The molecule has 1 aromatic heterocycles. The van der Waals surface area contributed by atoms with E-state index in [4.69, 9.17) is 9.47 Å². The van der Waals surface area contributed by atoms with Crippen molar-refractivity contribution in [1.29, 1.82) is 0 Å². The van der Waals surface area contributed by atoms with E-state index in [9.17, 15) is 4.79 Å². The molecule has 0 aliphatic carbocycles. The molecule has 3 rings (SSSR count). The Balaban J connectivity index is 1.57. The third-order valence-corrected chi connectivity index (χ3v) is 4.27. The van der Waals surface area contributed by atoms with Gasteiger partial charge in [-0.05, 0) is 36.4 Å². The van der Waals surface area contributed by atoms with Gasteiger partial charge in [-0.15, -0.1) is 11.3 Å². The number of methoxy groups -OCH3 is 1. The number of thiazole rings is 1. The topological polar surface area (TPSA) is 48.4 Å². The lowest BCUT2D eigenvalue weighted by molar-refractivity contribution is -0.134. The number of carbonyl (C=O) groups is 1. The Kier molecular flexibility index (Phi) is 4.34. The van der Waals surface area contributed by atoms with E-state index in [-0.39, 0.29) is 5.97 Å². The van der Waals surface area contributed by atoms with Gasteiger partial charge in [-0.3, -0.25) is 4.79 Å². The van der Waals surface area contributed by atoms with E-state index in [0.29, 0.717) is 18.6 Å². The first-order valence-corrected chi connectivity index (χ1v) is 7.75. The Morgan fingerprint density at radius 2 is 1.82 bits per heavy atom. The van der Waals surface area contributed by atoms with Gasteiger partial charge in [0.1, 0.15) is 11.5 Å². The van der Waals surface area contributed by atoms with Crippen molar-refractivity contribution < 1.29 is 14.3 Å². The summed E-state index contributed by atoms with van der Waals surface area (Å²) in [6, 6.07) is 14.9. The fourth-order valence-corrected chi connectivity index (χ4v) is 3.03. The molecule has 0 aliphatic rings. The van der Waals surface area contributed by atoms with Gasteiger partial charge in [0.2, 0.25) is 0 Å². The lowest BCUT2D eigenvalue weighted by Crippen LogP contribution is -2.08. The van der Waals surface area contributed by atoms with Crippen molar-refractivity contribution in [1.82, 2.24) is 4.98 Å². The molecule has 3 aromatic rings. The molecule has 0 saturated heterocycles. The third-order valence-electron chi connectivity index (χ3n) is 3.17. The van der Waals surface area contributed by atoms with E-state index < -0.39 is 0 Å². The normalized spacial score (nSPS) is 10.6. The second-order valence-corrected chi connectivity index (χ2v) is 5.84. The van der Waals surface area contributed by atoms with Crippen molar-refractivity contribution in [3.05, 3.63) is 53.5 Å². The van der Waals surface area contributed by atoms with Gasteiger partial charge in [0.05, 0.1) is 28.8 Å². The number of hydrogen-bond acceptors (Lipinski definition) is 5. The zero-order valence-corrected chi connectivity index (χ0v) is 12.9. The first-order chi connectivity index (χ1) is 10.7. The molecule has 0 fully saturated rings. The molecule has 0 saturated carbocycles. The largest absolute Gasteiger partial charge is 0.497 e. The quantitative estimate of drug-likeness (QED) is 0.530. The molecule has 0 atom stereocenters. The Morgan fingerprint density at radius 3 is 2.55 bits per heavy atom. The average molecular weight is 313 g/mol. The first-order valence-electron chi connectivity index (χ1n) is 6.94. The molecule has 0 amide bonds. The molecule has 112 valence electrons. The number of ether oxygens (including phenoxy) is 2. The van der Waals surface area contributed by atoms with Crippen LogP contribution in [0.5, 0.6) is 11.5 Å². The molecule has 0 bridgehead atoms. The van der Waals surface area contributed by atoms with E-state index in [1.807, 2.05) is 24.3 Å². The van der Waals surface area contributed by atoms with Crippen molar-refractivity contribution in [3.63, 3.8) is 0 Å². The number of hydrogen-bond donors (Lipinski definition) is 0. The molecule has 5 heteroatoms. The highest BCUT2D eigenvalue weighted by Crippen LogP contribution is 2.23. The fraction of sp³-hybridized carbons (Fsp3) is 0.176. The Bertz CT molecular complexity index is 747. The van der Waals surface area contributed by atoms with Crippen molar-refractivity contribution >= 4 is 27.5 Å². The van der Waals surface area contributed by atoms with Gasteiger partial charge < -0.3 is 9.47 Å². The molecule has 2 aromatic carbocycles. The zero-order valence-electron chi connectivity index (χ0n) is 12.1. The van der Waals surface area contributed by atoms with Crippen LogP contribution in [0.1, 0.15) is 11.4 Å². The minimum atomic E-state index is -0.260. The van der Waals surface area contributed by atoms with Gasteiger partial charge >= 0.3 is 5.97 Å². The van der Waals surface area contributed by atoms with Crippen LogP contribution in [-0.4, -0.2) is 18.1 Å². The number of fused-ring (bicyclic) bond motifs is 1. The SMILES string of the molecule is COc1ccc(OC(=O)CCc2nc3ccccc3s2)cc1. The zero-order chi connectivity index (χ0) is 15.4. The third kappa shape index (κ3) is 3.43. The second-order valence-electron chi connectivity index (χ2n) is 4.72. The van der Waals surface area contributed by atoms with Crippen LogP contribution in [0, 0.1) is 0 Å². The predicted octanol–water partition coefficient (Wildman–Crippen LogP) is 3.84. The minimum Gasteiger partial charge on any atom is -0.497 e. The molecule has 0 N–H and O–H groups in total. The molecule has 0 unspecified atom stereocenters. The number of aromatic nitrogens is 1. The molecular weight excluding hydrogens is 298 g/mol. The Labute approximate surface area is 132 Å². The van der Waals surface area contributed by atoms with E-state index in [2.05, 4.69) is 4.98 Å². The fourth-order valence-electron chi connectivity index (χ4n) is 2.06. The highest BCUT2D eigenvalue weighted by molar-refractivity contribution is 7.18. The summed E-state index contributed by atoms with van der Waals surface area (Å²) >= 11 is 1.62. The van der Waals surface area contributed by atoms with Gasteiger partial charge in [0.15, 0.2) is 0 Å². The lowest BCUT2D eigenvalue weighted by atomic mass is 10.3. The second kappa shape index (κ2) is 6.58. The van der Waals surface area contributed by atoms with Gasteiger partial charge in [-0.1, -0.05) is 12.1 Å². The first kappa shape index (κ1) is 14.5. The van der Waals surface area contributed by atoms with Gasteiger partial charge in [-0.2, -0.15) is 0 Å². The maximum Gasteiger partial charge on any atom is 0.311 e. The van der Waals surface area contributed by atoms with E-state index in [1.165, 1.54) is 0 Å². The summed E-state index contributed by atoms with van der Waals surface area (Å²) in [7, 11) is 1.60. The van der Waals surface area contributed by atoms with Crippen molar-refractivity contribution in [3.8, 4) is 11.5 Å². The summed E-state index contributed by atoms with van der Waals surface area (Å²) in [6.45, 7) is 0. The van der Waals surface area contributed by atoms with Crippen LogP contribution in [0.4, 0.5) is 0 Å². The van der Waals surface area contributed by atoms with E-state index in [0.717, 1.165) is 21.0 Å². The van der Waals surface area contributed by atoms with Crippen molar-refractivity contribution in [2.45, 2.75) is 12.8 Å². The van der Waals surface area contributed by atoms with Gasteiger partial charge in [0.25, 0.3) is 0 Å². The molecule has 1 heterocycles. The highest BCUT2D eigenvalue weighted by Gasteiger charge is 2.09. The Hall–Kier alpha value is -2.40. The van der Waals surface area contributed by atoms with Crippen LogP contribution in [0.3, 0.4) is 0 Å². The van der Waals surface area contributed by atoms with Crippen molar-refractivity contribution in [2.75, 3.05) is 7.11 Å².